The lowest BCUT2D eigenvalue weighted by atomic mass is 9.53. The molecule has 1 aliphatic heterocycles. The Hall–Kier alpha value is -1.11. The molecular formula is C36H67N2O3S+. The van der Waals surface area contributed by atoms with Crippen LogP contribution in [-0.4, -0.2) is 66.9 Å². The van der Waals surface area contributed by atoms with E-state index in [4.69, 9.17) is 4.55 Å². The number of allylic oxidation sites excluding steroid dienone is 2. The van der Waals surface area contributed by atoms with Crippen LogP contribution in [-0.2, 0) is 10.1 Å². The maximum Gasteiger partial charge on any atom is 0.264 e. The maximum atomic E-state index is 11.0. The van der Waals surface area contributed by atoms with Crippen LogP contribution in [0.15, 0.2) is 35.6 Å². The molecular weight excluding hydrogens is 540 g/mol. The molecule has 42 heavy (non-hydrogen) atoms. The number of quaternary nitrogens is 1. The van der Waals surface area contributed by atoms with Crippen molar-refractivity contribution in [2.45, 2.75) is 144 Å². The molecule has 0 amide bonds. The summed E-state index contributed by atoms with van der Waals surface area (Å²) in [5.41, 5.74) is 4.55. The van der Waals surface area contributed by atoms with Crippen molar-refractivity contribution in [1.29, 1.82) is 0 Å². The summed E-state index contributed by atoms with van der Waals surface area (Å²) in [4.78, 5) is 2.50. The number of hydrogen-bond acceptors (Lipinski definition) is 3. The van der Waals surface area contributed by atoms with Gasteiger partial charge in [0.25, 0.3) is 10.1 Å². The molecule has 0 saturated heterocycles. The molecule has 0 radical (unpaired) electrons. The summed E-state index contributed by atoms with van der Waals surface area (Å²) >= 11 is 0. The molecule has 3 aliphatic rings. The smallest absolute Gasteiger partial charge is 0.264 e. The van der Waals surface area contributed by atoms with E-state index in [0.29, 0.717) is 12.5 Å². The van der Waals surface area contributed by atoms with E-state index in [1.807, 2.05) is 0 Å². The van der Waals surface area contributed by atoms with Gasteiger partial charge in [-0.05, 0) is 81.3 Å². The zero-order chi connectivity index (χ0) is 31.4. The highest BCUT2D eigenvalue weighted by Gasteiger charge is 2.58. The molecule has 3 rings (SSSR count). The van der Waals surface area contributed by atoms with Gasteiger partial charge in [0.1, 0.15) is 0 Å². The van der Waals surface area contributed by atoms with Crippen LogP contribution in [0.2, 0.25) is 0 Å². The molecule has 0 spiro atoms. The first-order chi connectivity index (χ1) is 19.8. The minimum absolute atomic E-state index is 0.136. The summed E-state index contributed by atoms with van der Waals surface area (Å²) in [7, 11) is -3.86. The highest BCUT2D eigenvalue weighted by Crippen LogP contribution is 2.63. The average Bonchev–Trinajstić information content (AvgIpc) is 3.18. The summed E-state index contributed by atoms with van der Waals surface area (Å²) in [5.74, 6) is -0.150. The van der Waals surface area contributed by atoms with E-state index < -0.39 is 10.1 Å². The fourth-order valence-corrected chi connectivity index (χ4v) is 8.51. The average molecular weight is 608 g/mol. The highest BCUT2D eigenvalue weighted by atomic mass is 32.2. The van der Waals surface area contributed by atoms with Crippen LogP contribution >= 0.6 is 0 Å². The molecule has 1 N–H and O–H groups in total. The molecule has 0 bridgehead atoms. The summed E-state index contributed by atoms with van der Waals surface area (Å²) in [6.45, 7) is 27.3. The molecule has 244 valence electrons. The zero-order valence-electron chi connectivity index (χ0n) is 28.6. The summed E-state index contributed by atoms with van der Waals surface area (Å²) < 4.78 is 32.3. The van der Waals surface area contributed by atoms with Gasteiger partial charge in [-0.3, -0.25) is 4.55 Å². The first-order valence-corrected chi connectivity index (χ1v) is 19.1. The number of hydrogen-bond donors (Lipinski definition) is 1. The van der Waals surface area contributed by atoms with Crippen LogP contribution in [0.4, 0.5) is 0 Å². The second kappa shape index (κ2) is 16.8. The Kier molecular flexibility index (Phi) is 14.8. The van der Waals surface area contributed by atoms with E-state index in [2.05, 4.69) is 72.1 Å². The quantitative estimate of drug-likeness (QED) is 0.0775. The molecule has 2 unspecified atom stereocenters. The van der Waals surface area contributed by atoms with Crippen molar-refractivity contribution in [1.82, 2.24) is 4.90 Å². The van der Waals surface area contributed by atoms with Crippen LogP contribution in [0, 0.1) is 10.8 Å². The molecule has 2 aliphatic carbocycles. The summed E-state index contributed by atoms with van der Waals surface area (Å²) in [6, 6.07) is 0.405. The fourth-order valence-electron chi connectivity index (χ4n) is 7.94. The lowest BCUT2D eigenvalue weighted by molar-refractivity contribution is -0.929. The number of fused-ring (bicyclic) bond motifs is 2. The Balaban J connectivity index is 0.000000319. The second-order valence-electron chi connectivity index (χ2n) is 14.4. The van der Waals surface area contributed by atoms with Gasteiger partial charge in [-0.25, -0.2) is 0 Å². The first-order valence-electron chi connectivity index (χ1n) is 17.4. The van der Waals surface area contributed by atoms with Gasteiger partial charge in [0.2, 0.25) is 0 Å². The predicted molar refractivity (Wildman–Crippen MR) is 181 cm³/mol. The van der Waals surface area contributed by atoms with Crippen molar-refractivity contribution in [2.24, 2.45) is 10.8 Å². The van der Waals surface area contributed by atoms with Crippen molar-refractivity contribution in [3.8, 4) is 0 Å². The summed E-state index contributed by atoms with van der Waals surface area (Å²) in [5, 5.41) is 0. The zero-order valence-corrected chi connectivity index (χ0v) is 29.5. The van der Waals surface area contributed by atoms with Crippen molar-refractivity contribution >= 4 is 10.1 Å². The largest absolute Gasteiger partial charge is 0.367 e. The Morgan fingerprint density at radius 2 is 1.43 bits per heavy atom. The number of rotatable bonds is 17. The summed E-state index contributed by atoms with van der Waals surface area (Å²) in [6.07, 6.45) is 21.2. The normalized spacial score (nSPS) is 23.5. The van der Waals surface area contributed by atoms with Crippen molar-refractivity contribution < 1.29 is 17.5 Å². The molecule has 1 heterocycles. The van der Waals surface area contributed by atoms with E-state index >= 15 is 0 Å². The van der Waals surface area contributed by atoms with E-state index in [1.54, 1.807) is 5.57 Å². The Bertz CT molecular complexity index is 975. The van der Waals surface area contributed by atoms with Crippen molar-refractivity contribution in [3.63, 3.8) is 0 Å². The Morgan fingerprint density at radius 3 is 1.90 bits per heavy atom. The molecule has 6 heteroatoms. The third-order valence-electron chi connectivity index (χ3n) is 10.7. The molecule has 5 nitrogen and oxygen atoms in total. The van der Waals surface area contributed by atoms with Crippen LogP contribution in [0.3, 0.4) is 0 Å². The monoisotopic (exact) mass is 607 g/mol. The van der Waals surface area contributed by atoms with E-state index in [-0.39, 0.29) is 16.6 Å². The molecule has 0 aromatic carbocycles. The molecule has 0 aromatic rings. The lowest BCUT2D eigenvalue weighted by Gasteiger charge is -2.53. The highest BCUT2D eigenvalue weighted by molar-refractivity contribution is 7.85. The van der Waals surface area contributed by atoms with Crippen LogP contribution in [0.1, 0.15) is 138 Å². The van der Waals surface area contributed by atoms with E-state index in [0.717, 1.165) is 38.6 Å². The minimum Gasteiger partial charge on any atom is -0.367 e. The van der Waals surface area contributed by atoms with Gasteiger partial charge in [0, 0.05) is 23.7 Å². The van der Waals surface area contributed by atoms with Gasteiger partial charge in [0.05, 0.1) is 31.9 Å². The molecule has 0 aromatic heterocycles. The topological polar surface area (TPSA) is 57.6 Å². The number of unbranched alkanes of at least 4 members (excludes halogenated alkanes) is 5. The van der Waals surface area contributed by atoms with Crippen LogP contribution in [0.25, 0.3) is 0 Å². The Morgan fingerprint density at radius 1 is 0.905 bits per heavy atom. The molecule has 1 saturated carbocycles. The van der Waals surface area contributed by atoms with Gasteiger partial charge in [-0.1, -0.05) is 92.4 Å². The minimum atomic E-state index is -3.86. The van der Waals surface area contributed by atoms with Crippen molar-refractivity contribution in [2.75, 3.05) is 38.5 Å². The van der Waals surface area contributed by atoms with Gasteiger partial charge in [-0.15, -0.1) is 0 Å². The van der Waals surface area contributed by atoms with Crippen LogP contribution < -0.4 is 0 Å². The predicted octanol–water partition coefficient (Wildman–Crippen LogP) is 9.33. The fraction of sp³-hybridized carbons (Fsp3) is 0.833. The molecule has 1 fully saturated rings. The van der Waals surface area contributed by atoms with Gasteiger partial charge in [0.15, 0.2) is 0 Å². The van der Waals surface area contributed by atoms with Crippen LogP contribution in [0.5, 0.6) is 0 Å². The number of nitrogens with zero attached hydrogens (tertiary/aromatic N) is 2. The lowest BCUT2D eigenvalue weighted by Crippen LogP contribution is -2.52. The van der Waals surface area contributed by atoms with Gasteiger partial charge in [-0.2, -0.15) is 8.42 Å². The third kappa shape index (κ3) is 9.69. The van der Waals surface area contributed by atoms with Gasteiger partial charge < -0.3 is 9.38 Å². The first kappa shape index (κ1) is 37.1. The van der Waals surface area contributed by atoms with E-state index in [1.165, 1.54) is 93.3 Å². The molecule has 2 atom stereocenters. The van der Waals surface area contributed by atoms with Crippen molar-refractivity contribution in [3.05, 3.63) is 35.6 Å². The van der Waals surface area contributed by atoms with E-state index in [9.17, 15) is 8.42 Å². The second-order valence-corrected chi connectivity index (χ2v) is 15.9. The Labute approximate surface area is 261 Å². The van der Waals surface area contributed by atoms with Gasteiger partial charge >= 0.3 is 0 Å². The maximum absolute atomic E-state index is 11.0. The standard InChI is InChI=1S/C20H31NO3S.C16H36N/c1-15-13-18-20(4,19(2,3)14-15)16-9-5-6-10-17(16)21(18)11-7-8-12-25(22,23)24;1-5-9-13-17(14-10-6-2,15-11-7-3)16-12-8-4/h6,10,18H,1,5,7-9,11-14H2,2-4H3,(H,22,23,24);5-16H2,1-4H3/q;+1. The third-order valence-corrected chi connectivity index (χ3v) is 11.5. The SMILES string of the molecule is C=C1CC2N(CCCCS(=O)(=O)O)C3=C(CCC=C3)C2(C)C(C)(C)C1.CCCC[N+](CCCC)(CCCC)CCCC.